The highest BCUT2D eigenvalue weighted by atomic mass is 16.5. The van der Waals surface area contributed by atoms with E-state index < -0.39 is 0 Å². The predicted octanol–water partition coefficient (Wildman–Crippen LogP) is 8.61. The minimum Gasteiger partial charge on any atom is -0.377 e. The van der Waals surface area contributed by atoms with Crippen molar-refractivity contribution in [3.63, 3.8) is 0 Å². The van der Waals surface area contributed by atoms with Gasteiger partial charge in [-0.1, -0.05) is 49.4 Å². The van der Waals surface area contributed by atoms with Gasteiger partial charge in [0, 0.05) is 6.61 Å². The molecule has 0 N–H and O–H groups in total. The first-order valence-corrected chi connectivity index (χ1v) is 12.7. The second-order valence-corrected chi connectivity index (χ2v) is 9.73. The lowest BCUT2D eigenvalue weighted by Gasteiger charge is -2.38. The number of ether oxygens (including phenoxy) is 1. The van der Waals surface area contributed by atoms with E-state index in [0.29, 0.717) is 0 Å². The van der Waals surface area contributed by atoms with Crippen LogP contribution >= 0.6 is 0 Å². The van der Waals surface area contributed by atoms with Crippen LogP contribution in [0.1, 0.15) is 101 Å². The minimum absolute atomic E-state index is 0.737. The van der Waals surface area contributed by atoms with Crippen LogP contribution in [0.4, 0.5) is 0 Å². The van der Waals surface area contributed by atoms with Crippen molar-refractivity contribution in [3.05, 3.63) is 60.2 Å². The zero-order chi connectivity index (χ0) is 21.0. The second kappa shape index (κ2) is 13.2. The van der Waals surface area contributed by atoms with Gasteiger partial charge in [-0.05, 0) is 112 Å². The third-order valence-electron chi connectivity index (χ3n) is 7.62. The normalized spacial score (nSPS) is 27.4. The molecule has 0 heterocycles. The average Bonchev–Trinajstić information content (AvgIpc) is 2.80. The van der Waals surface area contributed by atoms with Crippen molar-refractivity contribution in [2.24, 2.45) is 17.8 Å². The summed E-state index contributed by atoms with van der Waals surface area (Å²) in [5.41, 5.74) is 2.85. The first-order valence-electron chi connectivity index (χ1n) is 12.7. The molecule has 2 aliphatic rings. The monoisotopic (exact) mass is 408 g/mol. The lowest BCUT2D eigenvalue weighted by atomic mass is 9.68. The number of allylic oxidation sites excluding steroid dienone is 3. The summed E-state index contributed by atoms with van der Waals surface area (Å²) in [4.78, 5) is 0. The van der Waals surface area contributed by atoms with E-state index in [0.717, 1.165) is 49.7 Å². The topological polar surface area (TPSA) is 9.23 Å². The Hall–Kier alpha value is -1.34. The number of hydrogen-bond donors (Lipinski definition) is 0. The van der Waals surface area contributed by atoms with E-state index in [-0.39, 0.29) is 0 Å². The van der Waals surface area contributed by atoms with Gasteiger partial charge < -0.3 is 4.74 Å². The Morgan fingerprint density at radius 3 is 2.20 bits per heavy atom. The summed E-state index contributed by atoms with van der Waals surface area (Å²) in [7, 11) is 0. The Morgan fingerprint density at radius 1 is 0.900 bits per heavy atom. The van der Waals surface area contributed by atoms with Crippen molar-refractivity contribution >= 4 is 0 Å². The smallest absolute Gasteiger partial charge is 0.0716 e. The van der Waals surface area contributed by atoms with Crippen LogP contribution in [0.3, 0.4) is 0 Å². The molecule has 2 fully saturated rings. The molecule has 1 aromatic rings. The summed E-state index contributed by atoms with van der Waals surface area (Å²) in [6.45, 7) is 7.56. The molecule has 1 nitrogen and oxygen atoms in total. The standard InChI is InChI=1S/C29H44O/c1-3-5-7-9-24-10-14-26(15-11-24)28-18-20-29(21-19-28)27-16-12-25(13-17-27)23-30-22-8-6-4-2/h4-5,7,12-13,16-17,24,26,28-29H,2-3,6,8-11,14-15,18-23H2,1H3/t24-,26-,28-,29-. The molecule has 0 radical (unpaired) electrons. The van der Waals surface area contributed by atoms with Gasteiger partial charge in [-0.25, -0.2) is 0 Å². The summed E-state index contributed by atoms with van der Waals surface area (Å²) in [6.07, 6.45) is 22.9. The molecule has 0 spiro atoms. The van der Waals surface area contributed by atoms with E-state index >= 15 is 0 Å². The van der Waals surface area contributed by atoms with Gasteiger partial charge in [0.05, 0.1) is 6.61 Å². The predicted molar refractivity (Wildman–Crippen MR) is 130 cm³/mol. The molecule has 0 aromatic heterocycles. The maximum Gasteiger partial charge on any atom is 0.0716 e. The van der Waals surface area contributed by atoms with E-state index in [1.54, 1.807) is 5.56 Å². The number of hydrogen-bond acceptors (Lipinski definition) is 1. The van der Waals surface area contributed by atoms with Crippen LogP contribution in [0.5, 0.6) is 0 Å². The SMILES string of the molecule is C=CCCCOCc1ccc([C@H]2CC[C@H]([C@H]3CC[C@H](CC=CCC)CC3)CC2)cc1. The van der Waals surface area contributed by atoms with Crippen LogP contribution in [0, 0.1) is 17.8 Å². The van der Waals surface area contributed by atoms with E-state index in [9.17, 15) is 0 Å². The number of benzene rings is 1. The fourth-order valence-corrected chi connectivity index (χ4v) is 5.68. The molecule has 0 aliphatic heterocycles. The molecule has 0 amide bonds. The highest BCUT2D eigenvalue weighted by Crippen LogP contribution is 2.44. The van der Waals surface area contributed by atoms with Crippen molar-refractivity contribution in [3.8, 4) is 0 Å². The summed E-state index contributed by atoms with van der Waals surface area (Å²) < 4.78 is 5.77. The maximum atomic E-state index is 5.77. The molecule has 1 aromatic carbocycles. The second-order valence-electron chi connectivity index (χ2n) is 9.73. The number of unbranched alkanes of at least 4 members (excludes halogenated alkanes) is 1. The molecule has 166 valence electrons. The van der Waals surface area contributed by atoms with Crippen LogP contribution in [0.15, 0.2) is 49.1 Å². The molecule has 0 unspecified atom stereocenters. The molecular weight excluding hydrogens is 364 g/mol. The Morgan fingerprint density at radius 2 is 1.57 bits per heavy atom. The summed E-state index contributed by atoms with van der Waals surface area (Å²) in [5, 5.41) is 0. The third-order valence-corrected chi connectivity index (χ3v) is 7.62. The molecule has 3 rings (SSSR count). The van der Waals surface area contributed by atoms with Crippen molar-refractivity contribution in [2.75, 3.05) is 6.61 Å². The molecule has 1 heteroatoms. The highest BCUT2D eigenvalue weighted by molar-refractivity contribution is 5.25. The fraction of sp³-hybridized carbons (Fsp3) is 0.655. The van der Waals surface area contributed by atoms with Gasteiger partial charge in [0.25, 0.3) is 0 Å². The van der Waals surface area contributed by atoms with Gasteiger partial charge >= 0.3 is 0 Å². The van der Waals surface area contributed by atoms with Gasteiger partial charge in [0.1, 0.15) is 0 Å². The van der Waals surface area contributed by atoms with Gasteiger partial charge in [0.2, 0.25) is 0 Å². The van der Waals surface area contributed by atoms with Crippen molar-refractivity contribution in [1.29, 1.82) is 0 Å². The van der Waals surface area contributed by atoms with Crippen LogP contribution in [0.25, 0.3) is 0 Å². The van der Waals surface area contributed by atoms with Crippen molar-refractivity contribution < 1.29 is 4.74 Å². The van der Waals surface area contributed by atoms with Crippen LogP contribution in [0.2, 0.25) is 0 Å². The van der Waals surface area contributed by atoms with E-state index in [1.165, 1.54) is 69.8 Å². The lowest BCUT2D eigenvalue weighted by Crippen LogP contribution is -2.25. The van der Waals surface area contributed by atoms with Gasteiger partial charge in [-0.2, -0.15) is 0 Å². The zero-order valence-corrected chi connectivity index (χ0v) is 19.4. The van der Waals surface area contributed by atoms with E-state index in [1.807, 2.05) is 6.08 Å². The average molecular weight is 409 g/mol. The molecule has 2 aliphatic carbocycles. The van der Waals surface area contributed by atoms with Crippen LogP contribution in [-0.2, 0) is 11.3 Å². The molecule has 0 bridgehead atoms. The summed E-state index contributed by atoms with van der Waals surface area (Å²) >= 11 is 0. The minimum atomic E-state index is 0.737. The Balaban J connectivity index is 1.36. The van der Waals surface area contributed by atoms with Crippen molar-refractivity contribution in [2.45, 2.75) is 96.5 Å². The summed E-state index contributed by atoms with van der Waals surface area (Å²) in [5.74, 6) is 3.75. The van der Waals surface area contributed by atoms with E-state index in [2.05, 4.69) is 49.9 Å². The van der Waals surface area contributed by atoms with Crippen LogP contribution in [-0.4, -0.2) is 6.61 Å². The molecule has 0 atom stereocenters. The number of rotatable bonds is 11. The molecule has 2 saturated carbocycles. The molecular formula is C29H44O. The van der Waals surface area contributed by atoms with E-state index in [4.69, 9.17) is 4.74 Å². The first-order chi connectivity index (χ1) is 14.8. The van der Waals surface area contributed by atoms with Gasteiger partial charge in [0.15, 0.2) is 0 Å². The van der Waals surface area contributed by atoms with Gasteiger partial charge in [-0.15, -0.1) is 6.58 Å². The Kier molecular flexibility index (Phi) is 10.2. The quantitative estimate of drug-likeness (QED) is 0.263. The third kappa shape index (κ3) is 7.41. The van der Waals surface area contributed by atoms with Gasteiger partial charge in [-0.3, -0.25) is 0 Å². The summed E-state index contributed by atoms with van der Waals surface area (Å²) in [6, 6.07) is 9.29. The molecule has 30 heavy (non-hydrogen) atoms. The zero-order valence-electron chi connectivity index (χ0n) is 19.4. The fourth-order valence-electron chi connectivity index (χ4n) is 5.68. The first kappa shape index (κ1) is 23.3. The largest absolute Gasteiger partial charge is 0.377 e. The van der Waals surface area contributed by atoms with Crippen molar-refractivity contribution in [1.82, 2.24) is 0 Å². The lowest BCUT2D eigenvalue weighted by molar-refractivity contribution is 0.119. The maximum absolute atomic E-state index is 5.77. The highest BCUT2D eigenvalue weighted by Gasteiger charge is 2.30. The molecule has 0 saturated heterocycles. The van der Waals surface area contributed by atoms with Crippen LogP contribution < -0.4 is 0 Å². The Bertz CT molecular complexity index is 612. The Labute approximate surface area is 186 Å².